The number of amides is 1. The van der Waals surface area contributed by atoms with Gasteiger partial charge in [0.05, 0.1) is 7.11 Å². The minimum Gasteiger partial charge on any atom is -0.497 e. The van der Waals surface area contributed by atoms with Gasteiger partial charge in [0.2, 0.25) is 5.95 Å². The molecule has 0 spiro atoms. The highest BCUT2D eigenvalue weighted by Gasteiger charge is 2.09. The first-order chi connectivity index (χ1) is 13.2. The fourth-order valence-corrected chi connectivity index (χ4v) is 2.40. The van der Waals surface area contributed by atoms with E-state index in [9.17, 15) is 9.18 Å². The van der Waals surface area contributed by atoms with Gasteiger partial charge in [-0.3, -0.25) is 4.79 Å². The Morgan fingerprint density at radius 1 is 1.07 bits per heavy atom. The van der Waals surface area contributed by atoms with Gasteiger partial charge in [0.25, 0.3) is 5.91 Å². The zero-order valence-corrected chi connectivity index (χ0v) is 14.8. The summed E-state index contributed by atoms with van der Waals surface area (Å²) < 4.78 is 18.8. The van der Waals surface area contributed by atoms with E-state index in [1.807, 2.05) is 24.3 Å². The lowest BCUT2D eigenvalue weighted by Crippen LogP contribution is -2.24. The van der Waals surface area contributed by atoms with Gasteiger partial charge in [0, 0.05) is 24.8 Å². The minimum absolute atomic E-state index is 0.226. The molecule has 2 aromatic carbocycles. The fourth-order valence-electron chi connectivity index (χ4n) is 2.40. The maximum atomic E-state index is 13.7. The molecule has 3 rings (SSSR count). The Kier molecular flexibility index (Phi) is 5.94. The van der Waals surface area contributed by atoms with E-state index in [4.69, 9.17) is 4.74 Å². The molecular formula is C20H19FN4O2. The number of hydrogen-bond acceptors (Lipinski definition) is 5. The molecule has 0 radical (unpaired) electrons. The van der Waals surface area contributed by atoms with Crippen molar-refractivity contribution >= 4 is 11.9 Å². The molecule has 7 heteroatoms. The first-order valence-electron chi connectivity index (χ1n) is 8.37. The van der Waals surface area contributed by atoms with Gasteiger partial charge in [-0.25, -0.2) is 14.4 Å². The SMILES string of the molecule is COc1ccc(CNC(=O)c2ccnc(NCc3ccccc3F)n2)cc1. The van der Waals surface area contributed by atoms with Crippen molar-refractivity contribution in [3.8, 4) is 5.75 Å². The van der Waals surface area contributed by atoms with E-state index in [2.05, 4.69) is 20.6 Å². The second-order valence-electron chi connectivity index (χ2n) is 5.74. The van der Waals surface area contributed by atoms with Gasteiger partial charge >= 0.3 is 0 Å². The number of nitrogens with zero attached hydrogens (tertiary/aromatic N) is 2. The molecule has 0 unspecified atom stereocenters. The molecule has 0 aliphatic heterocycles. The van der Waals surface area contributed by atoms with Crippen LogP contribution in [0.3, 0.4) is 0 Å². The third kappa shape index (κ3) is 5.01. The van der Waals surface area contributed by atoms with Crippen LogP contribution >= 0.6 is 0 Å². The van der Waals surface area contributed by atoms with E-state index in [-0.39, 0.29) is 29.9 Å². The maximum absolute atomic E-state index is 13.7. The number of rotatable bonds is 7. The van der Waals surface area contributed by atoms with Gasteiger partial charge in [-0.15, -0.1) is 0 Å². The molecule has 0 aliphatic carbocycles. The largest absolute Gasteiger partial charge is 0.497 e. The Bertz CT molecular complexity index is 916. The summed E-state index contributed by atoms with van der Waals surface area (Å²) in [6.45, 7) is 0.592. The number of halogens is 1. The van der Waals surface area contributed by atoms with Crippen molar-refractivity contribution in [2.75, 3.05) is 12.4 Å². The smallest absolute Gasteiger partial charge is 0.270 e. The first-order valence-corrected chi connectivity index (χ1v) is 8.37. The topological polar surface area (TPSA) is 76.1 Å². The normalized spacial score (nSPS) is 10.3. The lowest BCUT2D eigenvalue weighted by molar-refractivity contribution is 0.0946. The fraction of sp³-hybridized carbons (Fsp3) is 0.150. The first kappa shape index (κ1) is 18.3. The molecule has 0 saturated carbocycles. The van der Waals surface area contributed by atoms with E-state index in [1.54, 1.807) is 25.3 Å². The van der Waals surface area contributed by atoms with Crippen molar-refractivity contribution in [2.24, 2.45) is 0 Å². The summed E-state index contributed by atoms with van der Waals surface area (Å²) >= 11 is 0. The molecular weight excluding hydrogens is 347 g/mol. The molecule has 1 heterocycles. The van der Waals surface area contributed by atoms with Crippen LogP contribution in [0.1, 0.15) is 21.6 Å². The van der Waals surface area contributed by atoms with Crippen LogP contribution in [0.4, 0.5) is 10.3 Å². The lowest BCUT2D eigenvalue weighted by Gasteiger charge is -2.08. The zero-order chi connectivity index (χ0) is 19.1. The van der Waals surface area contributed by atoms with E-state index < -0.39 is 0 Å². The number of benzene rings is 2. The average molecular weight is 366 g/mol. The molecule has 0 atom stereocenters. The van der Waals surface area contributed by atoms with Crippen molar-refractivity contribution in [3.63, 3.8) is 0 Å². The maximum Gasteiger partial charge on any atom is 0.270 e. The van der Waals surface area contributed by atoms with Crippen LogP contribution in [-0.2, 0) is 13.1 Å². The molecule has 2 N–H and O–H groups in total. The van der Waals surface area contributed by atoms with E-state index >= 15 is 0 Å². The van der Waals surface area contributed by atoms with Crippen molar-refractivity contribution in [2.45, 2.75) is 13.1 Å². The van der Waals surface area contributed by atoms with E-state index in [0.717, 1.165) is 11.3 Å². The summed E-state index contributed by atoms with van der Waals surface area (Å²) in [5.41, 5.74) is 1.67. The van der Waals surface area contributed by atoms with Gasteiger partial charge in [0.15, 0.2) is 0 Å². The van der Waals surface area contributed by atoms with Gasteiger partial charge < -0.3 is 15.4 Å². The van der Waals surface area contributed by atoms with Crippen LogP contribution in [0.2, 0.25) is 0 Å². The number of hydrogen-bond donors (Lipinski definition) is 2. The van der Waals surface area contributed by atoms with Gasteiger partial charge in [0.1, 0.15) is 17.3 Å². The number of ether oxygens (including phenoxy) is 1. The molecule has 0 aliphatic rings. The molecule has 0 fully saturated rings. The summed E-state index contributed by atoms with van der Waals surface area (Å²) in [4.78, 5) is 20.6. The van der Waals surface area contributed by atoms with E-state index in [1.165, 1.54) is 18.3 Å². The molecule has 0 saturated heterocycles. The number of carbonyl (C=O) groups is 1. The van der Waals surface area contributed by atoms with Crippen molar-refractivity contribution in [3.05, 3.63) is 83.4 Å². The minimum atomic E-state index is -0.317. The Morgan fingerprint density at radius 3 is 2.59 bits per heavy atom. The monoisotopic (exact) mass is 366 g/mol. The lowest BCUT2D eigenvalue weighted by atomic mass is 10.2. The highest BCUT2D eigenvalue weighted by Crippen LogP contribution is 2.12. The summed E-state index contributed by atoms with van der Waals surface area (Å²) in [6, 6.07) is 15.4. The molecule has 0 bridgehead atoms. The number of nitrogens with one attached hydrogen (secondary N) is 2. The molecule has 1 amide bonds. The quantitative estimate of drug-likeness (QED) is 0.672. The van der Waals surface area contributed by atoms with Gasteiger partial charge in [-0.1, -0.05) is 30.3 Å². The number of carbonyl (C=O) groups excluding carboxylic acids is 1. The highest BCUT2D eigenvalue weighted by molar-refractivity contribution is 5.92. The summed E-state index contributed by atoms with van der Waals surface area (Å²) in [7, 11) is 1.60. The Hall–Kier alpha value is -3.48. The predicted octanol–water partition coefficient (Wildman–Crippen LogP) is 3.17. The molecule has 3 aromatic rings. The Labute approximate surface area is 156 Å². The van der Waals surface area contributed by atoms with Crippen LogP contribution in [0.15, 0.2) is 60.8 Å². The average Bonchev–Trinajstić information content (AvgIpc) is 2.72. The molecule has 6 nitrogen and oxygen atoms in total. The number of anilines is 1. The van der Waals surface area contributed by atoms with Gasteiger partial charge in [-0.05, 0) is 29.8 Å². The molecule has 138 valence electrons. The zero-order valence-electron chi connectivity index (χ0n) is 14.8. The summed E-state index contributed by atoms with van der Waals surface area (Å²) in [6.07, 6.45) is 1.49. The molecule has 27 heavy (non-hydrogen) atoms. The Balaban J connectivity index is 1.58. The summed E-state index contributed by atoms with van der Waals surface area (Å²) in [5.74, 6) is 0.391. The van der Waals surface area contributed by atoms with E-state index in [0.29, 0.717) is 12.1 Å². The highest BCUT2D eigenvalue weighted by atomic mass is 19.1. The predicted molar refractivity (Wildman–Crippen MR) is 99.9 cm³/mol. The number of methoxy groups -OCH3 is 1. The third-order valence-corrected chi connectivity index (χ3v) is 3.90. The van der Waals surface area contributed by atoms with Crippen LogP contribution in [0.5, 0.6) is 5.75 Å². The second-order valence-corrected chi connectivity index (χ2v) is 5.74. The van der Waals surface area contributed by atoms with Gasteiger partial charge in [-0.2, -0.15) is 0 Å². The van der Waals surface area contributed by atoms with Crippen LogP contribution < -0.4 is 15.4 Å². The Morgan fingerprint density at radius 2 is 1.85 bits per heavy atom. The van der Waals surface area contributed by atoms with Crippen LogP contribution in [-0.4, -0.2) is 23.0 Å². The van der Waals surface area contributed by atoms with Crippen molar-refractivity contribution in [1.82, 2.24) is 15.3 Å². The van der Waals surface area contributed by atoms with Crippen molar-refractivity contribution in [1.29, 1.82) is 0 Å². The van der Waals surface area contributed by atoms with Crippen molar-refractivity contribution < 1.29 is 13.9 Å². The third-order valence-electron chi connectivity index (χ3n) is 3.90. The summed E-state index contributed by atoms with van der Waals surface area (Å²) in [5, 5.41) is 5.73. The van der Waals surface area contributed by atoms with Crippen LogP contribution in [0.25, 0.3) is 0 Å². The van der Waals surface area contributed by atoms with Crippen LogP contribution in [0, 0.1) is 5.82 Å². The standard InChI is InChI=1S/C20H19FN4O2/c1-27-16-8-6-14(7-9-16)12-23-19(26)18-10-11-22-20(25-18)24-13-15-4-2-3-5-17(15)21/h2-11H,12-13H2,1H3,(H,23,26)(H,22,24,25). The number of aromatic nitrogens is 2. The molecule has 1 aromatic heterocycles. The second kappa shape index (κ2) is 8.75.